The van der Waals surface area contributed by atoms with Crippen LogP contribution in [0.4, 0.5) is 5.69 Å². The third-order valence-electron chi connectivity index (χ3n) is 4.26. The van der Waals surface area contributed by atoms with Crippen molar-refractivity contribution in [3.8, 4) is 11.3 Å². The average molecular weight is 422 g/mol. The van der Waals surface area contributed by atoms with Crippen LogP contribution < -0.4 is 4.80 Å². The Labute approximate surface area is 168 Å². The third-order valence-corrected chi connectivity index (χ3v) is 7.30. The van der Waals surface area contributed by atoms with Crippen molar-refractivity contribution in [3.63, 3.8) is 0 Å². The molecule has 3 rings (SSSR count). The topological polar surface area (TPSA) is 54.7 Å². The fraction of sp³-hybridized carbons (Fsp3) is 0.211. The molecule has 0 amide bonds. The minimum absolute atomic E-state index is 0.267. The molecule has 0 aliphatic carbocycles. The number of benzene rings is 2. The summed E-state index contributed by atoms with van der Waals surface area (Å²) < 4.78 is 28.1. The molecule has 0 spiro atoms. The predicted molar refractivity (Wildman–Crippen MR) is 111 cm³/mol. The molecule has 8 heteroatoms. The van der Waals surface area contributed by atoms with Crippen LogP contribution in [-0.4, -0.2) is 31.4 Å². The molecule has 0 radical (unpaired) electrons. The second-order valence-corrected chi connectivity index (χ2v) is 9.69. The molecule has 0 aliphatic rings. The van der Waals surface area contributed by atoms with E-state index in [9.17, 15) is 8.42 Å². The van der Waals surface area contributed by atoms with Gasteiger partial charge in [-0.2, -0.15) is 0 Å². The van der Waals surface area contributed by atoms with Crippen LogP contribution in [0.25, 0.3) is 11.3 Å². The quantitative estimate of drug-likeness (QED) is 0.634. The van der Waals surface area contributed by atoms with Gasteiger partial charge < -0.3 is 4.57 Å². The Morgan fingerprint density at radius 3 is 2.52 bits per heavy atom. The second-order valence-electron chi connectivity index (χ2n) is 6.29. The first-order chi connectivity index (χ1) is 12.7. The highest BCUT2D eigenvalue weighted by Gasteiger charge is 2.19. The minimum Gasteiger partial charge on any atom is -0.320 e. The first-order valence-electron chi connectivity index (χ1n) is 8.19. The number of nitrogens with zero attached hydrogens (tertiary/aromatic N) is 3. The molecule has 1 heterocycles. The summed E-state index contributed by atoms with van der Waals surface area (Å²) in [6.07, 6.45) is 0. The van der Waals surface area contributed by atoms with Crippen molar-refractivity contribution in [2.45, 2.75) is 11.8 Å². The van der Waals surface area contributed by atoms with Crippen molar-refractivity contribution < 1.29 is 8.42 Å². The molecule has 0 bridgehead atoms. The molecule has 0 atom stereocenters. The molecule has 0 N–H and O–H groups in total. The molecule has 0 fully saturated rings. The summed E-state index contributed by atoms with van der Waals surface area (Å²) in [5, 5.41) is 2.56. The summed E-state index contributed by atoms with van der Waals surface area (Å²) >= 11 is 7.69. The van der Waals surface area contributed by atoms with Crippen LogP contribution in [0.1, 0.15) is 5.56 Å². The van der Waals surface area contributed by atoms with Gasteiger partial charge in [0, 0.05) is 32.1 Å². The third kappa shape index (κ3) is 3.87. The first-order valence-corrected chi connectivity index (χ1v) is 10.9. The van der Waals surface area contributed by atoms with Crippen LogP contribution in [0, 0.1) is 6.92 Å². The van der Waals surface area contributed by atoms with E-state index < -0.39 is 10.0 Å². The van der Waals surface area contributed by atoms with Crippen molar-refractivity contribution in [1.29, 1.82) is 0 Å². The Morgan fingerprint density at radius 2 is 1.85 bits per heavy atom. The second kappa shape index (κ2) is 7.59. The molecule has 0 saturated carbocycles. The highest BCUT2D eigenvalue weighted by Crippen LogP contribution is 2.28. The molecule has 5 nitrogen and oxygen atoms in total. The SMILES string of the molecule is Cc1ccc(S(=O)(=O)N(C)C)cc1-c1csc(=Nc2ccccc2Cl)n1C. The maximum absolute atomic E-state index is 12.5. The molecule has 0 unspecified atom stereocenters. The number of sulfonamides is 1. The Balaban J connectivity index is 2.14. The largest absolute Gasteiger partial charge is 0.320 e. The lowest BCUT2D eigenvalue weighted by Crippen LogP contribution is -2.22. The number of halogens is 1. The smallest absolute Gasteiger partial charge is 0.242 e. The van der Waals surface area contributed by atoms with E-state index in [2.05, 4.69) is 4.99 Å². The van der Waals surface area contributed by atoms with Crippen molar-refractivity contribution in [1.82, 2.24) is 8.87 Å². The van der Waals surface area contributed by atoms with Crippen molar-refractivity contribution in [3.05, 3.63) is 63.2 Å². The van der Waals surface area contributed by atoms with Gasteiger partial charge in [-0.05, 0) is 36.8 Å². The Bertz CT molecular complexity index is 1160. The molecule has 3 aromatic rings. The summed E-state index contributed by atoms with van der Waals surface area (Å²) in [6, 6.07) is 12.6. The van der Waals surface area contributed by atoms with Crippen LogP contribution in [0.2, 0.25) is 5.02 Å². The molecule has 0 aliphatic heterocycles. The average Bonchev–Trinajstić information content (AvgIpc) is 2.97. The zero-order valence-electron chi connectivity index (χ0n) is 15.5. The monoisotopic (exact) mass is 421 g/mol. The summed E-state index contributed by atoms with van der Waals surface area (Å²) in [5.41, 5.74) is 3.45. The zero-order valence-corrected chi connectivity index (χ0v) is 17.9. The van der Waals surface area contributed by atoms with Crippen LogP contribution >= 0.6 is 22.9 Å². The fourth-order valence-electron chi connectivity index (χ4n) is 2.61. The lowest BCUT2D eigenvalue weighted by atomic mass is 10.1. The molecule has 27 heavy (non-hydrogen) atoms. The number of hydrogen-bond donors (Lipinski definition) is 0. The number of para-hydroxylation sites is 1. The van der Waals surface area contributed by atoms with Crippen LogP contribution in [-0.2, 0) is 17.1 Å². The Kier molecular flexibility index (Phi) is 5.58. The van der Waals surface area contributed by atoms with Gasteiger partial charge in [0.15, 0.2) is 4.80 Å². The van der Waals surface area contributed by atoms with Gasteiger partial charge in [-0.15, -0.1) is 11.3 Å². The van der Waals surface area contributed by atoms with Gasteiger partial charge in [0.05, 0.1) is 21.3 Å². The number of hydrogen-bond acceptors (Lipinski definition) is 4. The normalized spacial score (nSPS) is 12.7. The van der Waals surface area contributed by atoms with E-state index >= 15 is 0 Å². The highest BCUT2D eigenvalue weighted by atomic mass is 35.5. The Hall–Kier alpha value is -1.93. The van der Waals surface area contributed by atoms with Gasteiger partial charge >= 0.3 is 0 Å². The molecular weight excluding hydrogens is 402 g/mol. The van der Waals surface area contributed by atoms with E-state index in [0.717, 1.165) is 21.6 Å². The summed E-state index contributed by atoms with van der Waals surface area (Å²) in [5.74, 6) is 0. The van der Waals surface area contributed by atoms with Gasteiger partial charge in [0.25, 0.3) is 0 Å². The summed E-state index contributed by atoms with van der Waals surface area (Å²) in [4.78, 5) is 5.68. The highest BCUT2D eigenvalue weighted by molar-refractivity contribution is 7.89. The van der Waals surface area contributed by atoms with Gasteiger partial charge in [-0.1, -0.05) is 29.8 Å². The van der Waals surface area contributed by atoms with Crippen molar-refractivity contribution in [2.75, 3.05) is 14.1 Å². The minimum atomic E-state index is -3.50. The zero-order chi connectivity index (χ0) is 19.8. The van der Waals surface area contributed by atoms with E-state index in [1.807, 2.05) is 48.2 Å². The fourth-order valence-corrected chi connectivity index (χ4v) is 4.63. The maximum atomic E-state index is 12.5. The molecule has 0 saturated heterocycles. The number of thiazole rings is 1. The number of rotatable bonds is 4. The van der Waals surface area contributed by atoms with Crippen molar-refractivity contribution in [2.24, 2.45) is 12.0 Å². The maximum Gasteiger partial charge on any atom is 0.242 e. The first kappa shape index (κ1) is 19.8. The van der Waals surface area contributed by atoms with E-state index in [4.69, 9.17) is 11.6 Å². The number of aryl methyl sites for hydroxylation is 1. The van der Waals surface area contributed by atoms with Gasteiger partial charge in [-0.25, -0.2) is 17.7 Å². The van der Waals surface area contributed by atoms with E-state index in [-0.39, 0.29) is 4.90 Å². The van der Waals surface area contributed by atoms with Crippen molar-refractivity contribution >= 4 is 38.6 Å². The molecular formula is C19H20ClN3O2S2. The van der Waals surface area contributed by atoms with Gasteiger partial charge in [0.2, 0.25) is 10.0 Å². The lowest BCUT2D eigenvalue weighted by molar-refractivity contribution is 0.521. The van der Waals surface area contributed by atoms with E-state index in [0.29, 0.717) is 10.7 Å². The summed E-state index contributed by atoms with van der Waals surface area (Å²) in [7, 11) is 1.47. The standard InChI is InChI=1S/C19H20ClN3O2S2/c1-13-9-10-14(27(24,25)22(2)3)11-15(13)18-12-26-19(23(18)4)21-17-8-6-5-7-16(17)20/h5-12H,1-4H3. The van der Waals surface area contributed by atoms with E-state index in [1.54, 1.807) is 18.2 Å². The lowest BCUT2D eigenvalue weighted by Gasteiger charge is -2.14. The van der Waals surface area contributed by atoms with Gasteiger partial charge in [-0.3, -0.25) is 0 Å². The molecule has 142 valence electrons. The number of aromatic nitrogens is 1. The van der Waals surface area contributed by atoms with Gasteiger partial charge in [0.1, 0.15) is 0 Å². The van der Waals surface area contributed by atoms with Crippen LogP contribution in [0.3, 0.4) is 0 Å². The van der Waals surface area contributed by atoms with E-state index in [1.165, 1.54) is 29.7 Å². The molecule has 1 aromatic heterocycles. The Morgan fingerprint density at radius 1 is 1.15 bits per heavy atom. The predicted octanol–water partition coefficient (Wildman–Crippen LogP) is 4.20. The van der Waals surface area contributed by atoms with Crippen LogP contribution in [0.5, 0.6) is 0 Å². The summed E-state index contributed by atoms with van der Waals surface area (Å²) in [6.45, 7) is 1.96. The molecule has 2 aromatic carbocycles. The van der Waals surface area contributed by atoms with Crippen LogP contribution in [0.15, 0.2) is 57.7 Å².